The number of hydrogen-bond acceptors (Lipinski definition) is 0. The highest BCUT2D eigenvalue weighted by Gasteiger charge is 3.12. The van der Waals surface area contributed by atoms with Crippen molar-refractivity contribution in [2.75, 3.05) is 0 Å². The van der Waals surface area contributed by atoms with Gasteiger partial charge in [-0.05, 0) is 40.9 Å². The maximum Gasteiger partial charge on any atom is -0.0131 e. The summed E-state index contributed by atoms with van der Waals surface area (Å²) in [5.74, 6) is 2.12. The monoisotopic (exact) mass is 164 g/mol. The van der Waals surface area contributed by atoms with Crippen molar-refractivity contribution >= 4 is 0 Å². The molecule has 0 aromatic heterocycles. The second-order valence-corrected chi connectivity index (χ2v) is 5.65. The van der Waals surface area contributed by atoms with E-state index in [1.54, 1.807) is 6.42 Å². The molecule has 1 spiro atoms. The van der Waals surface area contributed by atoms with E-state index in [1.165, 1.54) is 12.8 Å². The summed E-state index contributed by atoms with van der Waals surface area (Å²) in [6, 6.07) is 0. The van der Waals surface area contributed by atoms with E-state index in [0.717, 1.165) is 28.1 Å². The Morgan fingerprint density at radius 3 is 2.33 bits per heavy atom. The Hall–Kier alpha value is 0. The molecule has 0 saturated heterocycles. The first-order valence-electron chi connectivity index (χ1n) is 5.62. The molecular weight excluding hydrogens is 144 g/mol. The van der Waals surface area contributed by atoms with Crippen LogP contribution in [0.1, 0.15) is 47.0 Å². The van der Waals surface area contributed by atoms with E-state index in [1.807, 2.05) is 0 Å². The lowest BCUT2D eigenvalue weighted by Crippen LogP contribution is -2.15. The van der Waals surface area contributed by atoms with Gasteiger partial charge in [0.05, 0.1) is 0 Å². The van der Waals surface area contributed by atoms with E-state index in [-0.39, 0.29) is 0 Å². The molecule has 0 radical (unpaired) electrons. The van der Waals surface area contributed by atoms with Crippen LogP contribution in [-0.2, 0) is 0 Å². The predicted octanol–water partition coefficient (Wildman–Crippen LogP) is 3.47. The topological polar surface area (TPSA) is 0 Å². The molecule has 3 saturated carbocycles. The average molecular weight is 164 g/mol. The third kappa shape index (κ3) is 0.352. The first-order valence-corrected chi connectivity index (χ1v) is 5.62. The van der Waals surface area contributed by atoms with Crippen molar-refractivity contribution in [1.29, 1.82) is 0 Å². The first kappa shape index (κ1) is 7.41. The van der Waals surface area contributed by atoms with Crippen LogP contribution in [0.15, 0.2) is 0 Å². The molecule has 5 unspecified atom stereocenters. The molecule has 3 fully saturated rings. The Balaban J connectivity index is 1.79. The van der Waals surface area contributed by atoms with Gasteiger partial charge in [-0.2, -0.15) is 0 Å². The van der Waals surface area contributed by atoms with Gasteiger partial charge >= 0.3 is 0 Å². The molecule has 0 N–H and O–H groups in total. The molecule has 0 aromatic rings. The van der Waals surface area contributed by atoms with Crippen LogP contribution < -0.4 is 0 Å². The van der Waals surface area contributed by atoms with Gasteiger partial charge in [0.15, 0.2) is 0 Å². The van der Waals surface area contributed by atoms with Gasteiger partial charge in [-0.3, -0.25) is 0 Å². The van der Waals surface area contributed by atoms with Crippen LogP contribution in [0.2, 0.25) is 0 Å². The molecular formula is C12H20. The maximum absolute atomic E-state index is 2.55. The molecule has 0 nitrogen and oxygen atoms in total. The van der Waals surface area contributed by atoms with Crippen LogP contribution in [0, 0.1) is 28.1 Å². The lowest BCUT2D eigenvalue weighted by molar-refractivity contribution is 0.269. The van der Waals surface area contributed by atoms with Crippen molar-refractivity contribution in [3.63, 3.8) is 0 Å². The van der Waals surface area contributed by atoms with Gasteiger partial charge in [0.1, 0.15) is 0 Å². The summed E-state index contributed by atoms with van der Waals surface area (Å²) >= 11 is 0. The highest BCUT2D eigenvalue weighted by atomic mass is 15.2. The highest BCUT2D eigenvalue weighted by Crippen LogP contribution is 3.17. The summed E-state index contributed by atoms with van der Waals surface area (Å²) in [4.78, 5) is 0. The molecule has 68 valence electrons. The van der Waals surface area contributed by atoms with Gasteiger partial charge in [0.25, 0.3) is 0 Å². The van der Waals surface area contributed by atoms with Crippen molar-refractivity contribution < 1.29 is 0 Å². The summed E-state index contributed by atoms with van der Waals surface area (Å²) in [6.45, 7) is 9.74. The molecule has 12 heavy (non-hydrogen) atoms. The van der Waals surface area contributed by atoms with E-state index in [2.05, 4.69) is 27.7 Å². The Morgan fingerprint density at radius 2 is 2.00 bits per heavy atom. The molecule has 3 rings (SSSR count). The second kappa shape index (κ2) is 1.51. The standard InChI is InChI=1S/C12H20/c1-5-8(3)9-10(4)11(6-2)7-12(9,10)11/h8-9H,5-7H2,1-4H3. The first-order chi connectivity index (χ1) is 5.62. The maximum atomic E-state index is 2.55. The van der Waals surface area contributed by atoms with Gasteiger partial charge in [0, 0.05) is 0 Å². The predicted molar refractivity (Wildman–Crippen MR) is 50.8 cm³/mol. The van der Waals surface area contributed by atoms with Crippen LogP contribution >= 0.6 is 0 Å². The van der Waals surface area contributed by atoms with Crippen molar-refractivity contribution in [2.45, 2.75) is 47.0 Å². The Kier molecular flexibility index (Phi) is 0.932. The van der Waals surface area contributed by atoms with Crippen molar-refractivity contribution in [3.8, 4) is 0 Å². The molecule has 3 aliphatic rings. The summed E-state index contributed by atoms with van der Waals surface area (Å²) < 4.78 is 0. The minimum atomic E-state index is 0.837. The third-order valence-electron chi connectivity index (χ3n) is 6.05. The van der Waals surface area contributed by atoms with Gasteiger partial charge in [-0.15, -0.1) is 0 Å². The zero-order chi connectivity index (χ0) is 8.78. The van der Waals surface area contributed by atoms with Gasteiger partial charge in [-0.25, -0.2) is 0 Å². The summed E-state index contributed by atoms with van der Waals surface area (Å²) in [5, 5.41) is 0. The van der Waals surface area contributed by atoms with Crippen LogP contribution in [0.25, 0.3) is 0 Å². The number of hydrogen-bond donors (Lipinski definition) is 0. The SMILES string of the molecule is CCC(C)C1C2(C)C3(CC)CC132. The summed E-state index contributed by atoms with van der Waals surface area (Å²) in [7, 11) is 0. The van der Waals surface area contributed by atoms with E-state index in [9.17, 15) is 0 Å². The van der Waals surface area contributed by atoms with Crippen LogP contribution in [0.4, 0.5) is 0 Å². The van der Waals surface area contributed by atoms with Crippen molar-refractivity contribution in [3.05, 3.63) is 0 Å². The quantitative estimate of drug-likeness (QED) is 0.599. The van der Waals surface area contributed by atoms with Crippen LogP contribution in [0.3, 0.4) is 0 Å². The highest BCUT2D eigenvalue weighted by molar-refractivity contribution is 5.59. The zero-order valence-corrected chi connectivity index (χ0v) is 8.78. The van der Waals surface area contributed by atoms with Crippen LogP contribution in [0.5, 0.6) is 0 Å². The zero-order valence-electron chi connectivity index (χ0n) is 8.78. The molecule has 0 heteroatoms. The summed E-state index contributed by atoms with van der Waals surface area (Å²) in [5.41, 5.74) is 2.63. The molecule has 0 aromatic carbocycles. The molecule has 0 aliphatic heterocycles. The number of fused-ring (bicyclic) bond motifs is 1. The second-order valence-electron chi connectivity index (χ2n) is 5.65. The van der Waals surface area contributed by atoms with E-state index in [0.29, 0.717) is 0 Å². The normalized spacial score (nSPS) is 66.5. The van der Waals surface area contributed by atoms with Crippen LogP contribution in [-0.4, -0.2) is 0 Å². The smallest absolute Gasteiger partial charge is 0.0131 e. The summed E-state index contributed by atoms with van der Waals surface area (Å²) in [6.07, 6.45) is 4.43. The van der Waals surface area contributed by atoms with Gasteiger partial charge < -0.3 is 0 Å². The Bertz CT molecular complexity index is 245. The van der Waals surface area contributed by atoms with Crippen molar-refractivity contribution in [1.82, 2.24) is 0 Å². The minimum Gasteiger partial charge on any atom is -0.0651 e. The minimum absolute atomic E-state index is 0.837. The fourth-order valence-electron chi connectivity index (χ4n) is 5.17. The van der Waals surface area contributed by atoms with E-state index in [4.69, 9.17) is 0 Å². The lowest BCUT2D eigenvalue weighted by Gasteiger charge is -2.21. The fraction of sp³-hybridized carbons (Fsp3) is 1.00. The lowest BCUT2D eigenvalue weighted by atomic mass is 9.83. The Morgan fingerprint density at radius 1 is 1.42 bits per heavy atom. The largest absolute Gasteiger partial charge is 0.0651 e. The number of rotatable bonds is 3. The van der Waals surface area contributed by atoms with Gasteiger partial charge in [0.2, 0.25) is 0 Å². The Labute approximate surface area is 75.7 Å². The van der Waals surface area contributed by atoms with Gasteiger partial charge in [-0.1, -0.05) is 34.1 Å². The molecule has 0 amide bonds. The average Bonchev–Trinajstić information content (AvgIpc) is 2.94. The van der Waals surface area contributed by atoms with Crippen molar-refractivity contribution in [2.24, 2.45) is 28.1 Å². The van der Waals surface area contributed by atoms with E-state index >= 15 is 0 Å². The molecule has 5 atom stereocenters. The molecule has 3 aliphatic carbocycles. The fourth-order valence-corrected chi connectivity index (χ4v) is 5.17. The van der Waals surface area contributed by atoms with E-state index < -0.39 is 0 Å². The molecule has 0 bridgehead atoms. The molecule has 0 heterocycles. The third-order valence-corrected chi connectivity index (χ3v) is 6.05.